The van der Waals surface area contributed by atoms with Crippen LogP contribution in [0.5, 0.6) is 0 Å². The lowest BCUT2D eigenvalue weighted by atomic mass is 9.97. The molecule has 9 nitrogen and oxygen atoms in total. The summed E-state index contributed by atoms with van der Waals surface area (Å²) in [5.41, 5.74) is 1.33. The van der Waals surface area contributed by atoms with Gasteiger partial charge in [0.2, 0.25) is 5.89 Å². The van der Waals surface area contributed by atoms with Crippen LogP contribution < -0.4 is 9.80 Å². The fourth-order valence-electron chi connectivity index (χ4n) is 3.54. The molecular formula is C18H20N6O3. The molecule has 140 valence electrons. The highest BCUT2D eigenvalue weighted by atomic mass is 16.6. The number of nitro benzene ring substituents is 1. The van der Waals surface area contributed by atoms with Crippen molar-refractivity contribution >= 4 is 28.2 Å². The zero-order valence-electron chi connectivity index (χ0n) is 15.2. The molecule has 0 aliphatic carbocycles. The average Bonchev–Trinajstić information content (AvgIpc) is 3.17. The molecule has 0 radical (unpaired) electrons. The van der Waals surface area contributed by atoms with Gasteiger partial charge in [0.15, 0.2) is 0 Å². The molecule has 9 heteroatoms. The normalized spacial score (nSPS) is 17.3. The Bertz CT molecular complexity index is 986. The lowest BCUT2D eigenvalue weighted by Crippen LogP contribution is -2.35. The Morgan fingerprint density at radius 2 is 2.19 bits per heavy atom. The van der Waals surface area contributed by atoms with Gasteiger partial charge >= 0.3 is 5.69 Å². The van der Waals surface area contributed by atoms with Crippen LogP contribution in [0.2, 0.25) is 0 Å². The Kier molecular flexibility index (Phi) is 4.35. The molecule has 0 spiro atoms. The number of nitrogens with zero attached hydrogens (tertiary/aromatic N) is 6. The van der Waals surface area contributed by atoms with Gasteiger partial charge in [0, 0.05) is 33.4 Å². The van der Waals surface area contributed by atoms with E-state index in [2.05, 4.69) is 15.1 Å². The van der Waals surface area contributed by atoms with Crippen LogP contribution in [0.25, 0.3) is 10.9 Å². The summed E-state index contributed by atoms with van der Waals surface area (Å²) in [5, 5.41) is 16.3. The van der Waals surface area contributed by atoms with Crippen molar-refractivity contribution in [3.8, 4) is 0 Å². The number of fused-ring (bicyclic) bond motifs is 1. The van der Waals surface area contributed by atoms with E-state index in [1.807, 2.05) is 25.1 Å². The van der Waals surface area contributed by atoms with Crippen LogP contribution in [-0.2, 0) is 0 Å². The van der Waals surface area contributed by atoms with Gasteiger partial charge in [0.25, 0.3) is 5.95 Å². The molecule has 1 saturated heterocycles. The van der Waals surface area contributed by atoms with E-state index in [4.69, 9.17) is 4.52 Å². The highest BCUT2D eigenvalue weighted by molar-refractivity contribution is 5.94. The van der Waals surface area contributed by atoms with Crippen molar-refractivity contribution in [2.75, 3.05) is 37.0 Å². The Hall–Kier alpha value is -3.23. The van der Waals surface area contributed by atoms with Crippen molar-refractivity contribution < 1.29 is 9.45 Å². The number of benzene rings is 1. The van der Waals surface area contributed by atoms with Gasteiger partial charge in [-0.25, -0.2) is 0 Å². The summed E-state index contributed by atoms with van der Waals surface area (Å²) in [7, 11) is 3.71. The first kappa shape index (κ1) is 17.2. The molecule has 1 aliphatic heterocycles. The quantitative estimate of drug-likeness (QED) is 0.512. The minimum absolute atomic E-state index is 0.0455. The molecule has 0 amide bonds. The number of hydrogen-bond donors (Lipinski definition) is 0. The van der Waals surface area contributed by atoms with E-state index in [9.17, 15) is 10.1 Å². The van der Waals surface area contributed by atoms with Crippen LogP contribution in [0.15, 0.2) is 35.0 Å². The van der Waals surface area contributed by atoms with Crippen molar-refractivity contribution in [2.24, 2.45) is 0 Å². The first-order chi connectivity index (χ1) is 13.0. The highest BCUT2D eigenvalue weighted by Crippen LogP contribution is 2.38. The highest BCUT2D eigenvalue weighted by Gasteiger charge is 2.30. The van der Waals surface area contributed by atoms with E-state index in [0.29, 0.717) is 35.0 Å². The third-order valence-electron chi connectivity index (χ3n) is 4.86. The van der Waals surface area contributed by atoms with Crippen molar-refractivity contribution in [1.29, 1.82) is 0 Å². The summed E-state index contributed by atoms with van der Waals surface area (Å²) in [5.74, 6) is 1.16. The van der Waals surface area contributed by atoms with Crippen LogP contribution in [0.4, 0.5) is 17.3 Å². The number of hydrogen-bond acceptors (Lipinski definition) is 8. The van der Waals surface area contributed by atoms with E-state index in [0.717, 1.165) is 19.4 Å². The zero-order chi connectivity index (χ0) is 19.0. The second-order valence-corrected chi connectivity index (χ2v) is 6.87. The van der Waals surface area contributed by atoms with E-state index in [1.165, 1.54) is 0 Å². The van der Waals surface area contributed by atoms with E-state index >= 15 is 0 Å². The molecule has 2 aromatic heterocycles. The summed E-state index contributed by atoms with van der Waals surface area (Å²) in [6.45, 7) is 1.35. The van der Waals surface area contributed by atoms with Gasteiger partial charge in [-0.15, -0.1) is 0 Å². The second kappa shape index (κ2) is 6.82. The molecule has 3 aromatic rings. The van der Waals surface area contributed by atoms with Crippen molar-refractivity contribution in [1.82, 2.24) is 15.1 Å². The number of aromatic nitrogens is 3. The first-order valence-electron chi connectivity index (χ1n) is 8.82. The maximum absolute atomic E-state index is 11.8. The predicted molar refractivity (Wildman–Crippen MR) is 101 cm³/mol. The Morgan fingerprint density at radius 1 is 1.33 bits per heavy atom. The molecule has 3 heterocycles. The zero-order valence-corrected chi connectivity index (χ0v) is 15.2. The van der Waals surface area contributed by atoms with Crippen LogP contribution in [0.3, 0.4) is 0 Å². The molecule has 0 N–H and O–H groups in total. The minimum atomic E-state index is -0.320. The largest absolute Gasteiger partial charge is 0.365 e. The lowest BCUT2D eigenvalue weighted by molar-refractivity contribution is -0.382. The first-order valence-corrected chi connectivity index (χ1v) is 8.82. The molecule has 1 atom stereocenters. The third-order valence-corrected chi connectivity index (χ3v) is 4.86. The monoisotopic (exact) mass is 368 g/mol. The van der Waals surface area contributed by atoms with Gasteiger partial charge in [-0.2, -0.15) is 4.98 Å². The summed E-state index contributed by atoms with van der Waals surface area (Å²) in [4.78, 5) is 24.0. The maximum atomic E-state index is 11.8. The topological polar surface area (TPSA) is 101 Å². The lowest BCUT2D eigenvalue weighted by Gasteiger charge is -2.32. The van der Waals surface area contributed by atoms with Crippen molar-refractivity contribution in [3.05, 3.63) is 46.5 Å². The number of nitro groups is 1. The van der Waals surface area contributed by atoms with E-state index < -0.39 is 0 Å². The number of piperidine rings is 1. The number of rotatable bonds is 4. The molecule has 4 rings (SSSR count). The summed E-state index contributed by atoms with van der Waals surface area (Å²) >= 11 is 0. The minimum Gasteiger partial charge on any atom is -0.365 e. The standard InChI is InChI=1S/C18H20N6O3/c1-22(2)18-20-17(27-21-18)12-5-4-10-23(11-12)15-8-7-14-13(6-3-9-19-14)16(15)24(25)26/h3,6-9,12H,4-5,10-11H2,1-2H3. The summed E-state index contributed by atoms with van der Waals surface area (Å²) < 4.78 is 5.42. The van der Waals surface area contributed by atoms with Gasteiger partial charge in [0.05, 0.1) is 21.7 Å². The number of pyridine rings is 1. The van der Waals surface area contributed by atoms with Gasteiger partial charge in [-0.1, -0.05) is 0 Å². The van der Waals surface area contributed by atoms with Gasteiger partial charge in [0.1, 0.15) is 5.69 Å². The molecule has 1 fully saturated rings. The predicted octanol–water partition coefficient (Wildman–Crippen LogP) is 2.98. The molecule has 1 aliphatic rings. The molecule has 1 aromatic carbocycles. The second-order valence-electron chi connectivity index (χ2n) is 6.87. The van der Waals surface area contributed by atoms with Crippen LogP contribution in [0, 0.1) is 10.1 Å². The SMILES string of the molecule is CN(C)c1noc(C2CCCN(c3ccc4ncccc4c3[N+](=O)[O-])C2)n1. The Balaban J connectivity index is 1.68. The van der Waals surface area contributed by atoms with Gasteiger partial charge in [-0.05, 0) is 42.3 Å². The van der Waals surface area contributed by atoms with Gasteiger partial charge in [-0.3, -0.25) is 15.1 Å². The summed E-state index contributed by atoms with van der Waals surface area (Å²) in [6, 6.07) is 7.08. The summed E-state index contributed by atoms with van der Waals surface area (Å²) in [6.07, 6.45) is 3.45. The van der Waals surface area contributed by atoms with E-state index in [1.54, 1.807) is 29.3 Å². The molecule has 1 unspecified atom stereocenters. The Morgan fingerprint density at radius 3 is 2.93 bits per heavy atom. The fraction of sp³-hybridized carbons (Fsp3) is 0.389. The smallest absolute Gasteiger partial charge is 0.301 e. The third kappa shape index (κ3) is 3.16. The molecule has 0 saturated carbocycles. The molecule has 0 bridgehead atoms. The van der Waals surface area contributed by atoms with Crippen LogP contribution in [-0.4, -0.2) is 47.2 Å². The van der Waals surface area contributed by atoms with Crippen molar-refractivity contribution in [3.63, 3.8) is 0 Å². The van der Waals surface area contributed by atoms with Crippen LogP contribution in [0.1, 0.15) is 24.7 Å². The van der Waals surface area contributed by atoms with Gasteiger partial charge < -0.3 is 14.3 Å². The molecule has 27 heavy (non-hydrogen) atoms. The fourth-order valence-corrected chi connectivity index (χ4v) is 3.54. The van der Waals surface area contributed by atoms with Crippen LogP contribution >= 0.6 is 0 Å². The average molecular weight is 368 g/mol. The van der Waals surface area contributed by atoms with Crippen molar-refractivity contribution in [2.45, 2.75) is 18.8 Å². The maximum Gasteiger partial charge on any atom is 0.301 e. The molecular weight excluding hydrogens is 348 g/mol. The van der Waals surface area contributed by atoms with E-state index in [-0.39, 0.29) is 16.5 Å². The Labute approximate surface area is 155 Å². The number of anilines is 2.